The van der Waals surface area contributed by atoms with Crippen molar-refractivity contribution >= 4 is 15.9 Å². The van der Waals surface area contributed by atoms with Gasteiger partial charge in [0.1, 0.15) is 0 Å². The van der Waals surface area contributed by atoms with Crippen LogP contribution in [-0.4, -0.2) is 0 Å². The van der Waals surface area contributed by atoms with E-state index in [9.17, 15) is 0 Å². The van der Waals surface area contributed by atoms with Crippen molar-refractivity contribution < 1.29 is 0 Å². The molecule has 0 aliphatic heterocycles. The van der Waals surface area contributed by atoms with Crippen molar-refractivity contribution in [3.8, 4) is 0 Å². The van der Waals surface area contributed by atoms with Crippen LogP contribution in [0.15, 0.2) is 40.9 Å². The van der Waals surface area contributed by atoms with Crippen LogP contribution in [0.1, 0.15) is 34.7 Å². The summed E-state index contributed by atoms with van der Waals surface area (Å²) in [5.41, 5.74) is 12.7. The predicted octanol–water partition coefficient (Wildman–Crippen LogP) is 4.79. The minimum atomic E-state index is -0.367. The number of benzene rings is 2. The lowest BCUT2D eigenvalue weighted by atomic mass is 9.83. The van der Waals surface area contributed by atoms with Gasteiger partial charge in [0, 0.05) is 10.0 Å². The van der Waals surface area contributed by atoms with Gasteiger partial charge in [0.05, 0.1) is 0 Å². The molecule has 0 bridgehead atoms. The molecule has 1 nitrogen and oxygen atoms in total. The van der Waals surface area contributed by atoms with E-state index < -0.39 is 0 Å². The van der Waals surface area contributed by atoms with Crippen LogP contribution in [0.4, 0.5) is 0 Å². The molecule has 2 aromatic carbocycles. The average Bonchev–Trinajstić information content (AvgIpc) is 2.34. The van der Waals surface area contributed by atoms with E-state index in [1.807, 2.05) is 12.1 Å². The van der Waals surface area contributed by atoms with Crippen LogP contribution in [0, 0.1) is 20.8 Å². The van der Waals surface area contributed by atoms with Gasteiger partial charge >= 0.3 is 0 Å². The quantitative estimate of drug-likeness (QED) is 0.859. The maximum Gasteiger partial charge on any atom is 0.0422 e. The minimum Gasteiger partial charge on any atom is -0.321 e. The van der Waals surface area contributed by atoms with Gasteiger partial charge in [0.15, 0.2) is 0 Å². The summed E-state index contributed by atoms with van der Waals surface area (Å²) in [6.45, 7) is 8.59. The highest BCUT2D eigenvalue weighted by Gasteiger charge is 2.23. The largest absolute Gasteiger partial charge is 0.321 e. The van der Waals surface area contributed by atoms with Crippen molar-refractivity contribution in [2.45, 2.75) is 39.7 Å². The molecule has 0 saturated carbocycles. The molecular formula is C18H22BrN. The van der Waals surface area contributed by atoms with Gasteiger partial charge in [-0.1, -0.05) is 45.8 Å². The summed E-state index contributed by atoms with van der Waals surface area (Å²) in [4.78, 5) is 0. The molecule has 0 radical (unpaired) electrons. The predicted molar refractivity (Wildman–Crippen MR) is 90.0 cm³/mol. The monoisotopic (exact) mass is 331 g/mol. The molecule has 0 aromatic heterocycles. The van der Waals surface area contributed by atoms with Crippen LogP contribution < -0.4 is 5.73 Å². The van der Waals surface area contributed by atoms with Gasteiger partial charge in [-0.15, -0.1) is 0 Å². The fourth-order valence-electron chi connectivity index (χ4n) is 2.80. The first kappa shape index (κ1) is 15.3. The first-order chi connectivity index (χ1) is 9.29. The summed E-state index contributed by atoms with van der Waals surface area (Å²) in [6, 6.07) is 12.8. The molecule has 20 heavy (non-hydrogen) atoms. The van der Waals surface area contributed by atoms with Gasteiger partial charge in [0.25, 0.3) is 0 Å². The fraction of sp³-hybridized carbons (Fsp3) is 0.333. The lowest BCUT2D eigenvalue weighted by Gasteiger charge is -2.27. The van der Waals surface area contributed by atoms with E-state index in [2.05, 4.69) is 67.9 Å². The van der Waals surface area contributed by atoms with Crippen molar-refractivity contribution in [3.05, 3.63) is 68.7 Å². The zero-order valence-electron chi connectivity index (χ0n) is 12.6. The van der Waals surface area contributed by atoms with Crippen molar-refractivity contribution in [2.75, 3.05) is 0 Å². The Balaban J connectivity index is 2.38. The summed E-state index contributed by atoms with van der Waals surface area (Å²) in [5, 5.41) is 0. The molecule has 2 N–H and O–H groups in total. The number of halogens is 1. The number of nitrogens with two attached hydrogens (primary N) is 1. The molecule has 0 heterocycles. The Morgan fingerprint density at radius 2 is 1.65 bits per heavy atom. The van der Waals surface area contributed by atoms with Crippen LogP contribution in [0.25, 0.3) is 0 Å². The fourth-order valence-corrected chi connectivity index (χ4v) is 3.20. The van der Waals surface area contributed by atoms with Crippen molar-refractivity contribution in [1.82, 2.24) is 0 Å². The molecule has 1 unspecified atom stereocenters. The molecule has 0 aliphatic carbocycles. The third kappa shape index (κ3) is 3.31. The Morgan fingerprint density at radius 1 is 1.05 bits per heavy atom. The first-order valence-corrected chi connectivity index (χ1v) is 7.70. The van der Waals surface area contributed by atoms with E-state index in [1.165, 1.54) is 22.3 Å². The van der Waals surface area contributed by atoms with Crippen LogP contribution in [0.2, 0.25) is 0 Å². The molecule has 0 aliphatic rings. The summed E-state index contributed by atoms with van der Waals surface area (Å²) in [5.74, 6) is 0. The van der Waals surface area contributed by atoms with Crippen LogP contribution in [-0.2, 0) is 12.0 Å². The minimum absolute atomic E-state index is 0.367. The maximum atomic E-state index is 6.59. The van der Waals surface area contributed by atoms with E-state index in [4.69, 9.17) is 5.73 Å². The zero-order valence-corrected chi connectivity index (χ0v) is 14.2. The number of hydrogen-bond donors (Lipinski definition) is 1. The lowest BCUT2D eigenvalue weighted by molar-refractivity contribution is 0.489. The summed E-state index contributed by atoms with van der Waals surface area (Å²) in [6.07, 6.45) is 0.849. The number of rotatable bonds is 3. The maximum absolute atomic E-state index is 6.59. The number of hydrogen-bond acceptors (Lipinski definition) is 1. The van der Waals surface area contributed by atoms with Crippen LogP contribution >= 0.6 is 15.9 Å². The molecule has 0 fully saturated rings. The molecular weight excluding hydrogens is 310 g/mol. The van der Waals surface area contributed by atoms with Gasteiger partial charge in [-0.25, -0.2) is 0 Å². The smallest absolute Gasteiger partial charge is 0.0422 e. The second-order valence-corrected chi connectivity index (χ2v) is 6.90. The Kier molecular flexibility index (Phi) is 4.36. The Bertz CT molecular complexity index is 606. The van der Waals surface area contributed by atoms with Crippen molar-refractivity contribution in [1.29, 1.82) is 0 Å². The SMILES string of the molecule is Cc1cc(C)c(CC(C)(N)c2cccc(Br)c2)c(C)c1. The third-order valence-electron chi connectivity index (χ3n) is 3.87. The Morgan fingerprint density at radius 3 is 2.20 bits per heavy atom. The second-order valence-electron chi connectivity index (χ2n) is 5.98. The molecule has 0 spiro atoms. The number of aryl methyl sites for hydroxylation is 3. The molecule has 2 heteroatoms. The molecule has 0 amide bonds. The summed E-state index contributed by atoms with van der Waals surface area (Å²) in [7, 11) is 0. The van der Waals surface area contributed by atoms with Gasteiger partial charge < -0.3 is 5.73 Å². The van der Waals surface area contributed by atoms with E-state index in [-0.39, 0.29) is 5.54 Å². The summed E-state index contributed by atoms with van der Waals surface area (Å²) < 4.78 is 1.07. The highest BCUT2D eigenvalue weighted by molar-refractivity contribution is 9.10. The normalized spacial score (nSPS) is 14.1. The van der Waals surface area contributed by atoms with E-state index >= 15 is 0 Å². The van der Waals surface area contributed by atoms with Gasteiger partial charge in [-0.3, -0.25) is 0 Å². The Labute approximate surface area is 130 Å². The van der Waals surface area contributed by atoms with Crippen molar-refractivity contribution in [3.63, 3.8) is 0 Å². The zero-order chi connectivity index (χ0) is 14.9. The first-order valence-electron chi connectivity index (χ1n) is 6.91. The van der Waals surface area contributed by atoms with Gasteiger partial charge in [0.2, 0.25) is 0 Å². The van der Waals surface area contributed by atoms with Gasteiger partial charge in [-0.2, -0.15) is 0 Å². The summed E-state index contributed by atoms with van der Waals surface area (Å²) >= 11 is 3.52. The van der Waals surface area contributed by atoms with Crippen molar-refractivity contribution in [2.24, 2.45) is 5.73 Å². The van der Waals surface area contributed by atoms with Crippen LogP contribution in [0.3, 0.4) is 0 Å². The molecule has 2 aromatic rings. The van der Waals surface area contributed by atoms with Crippen LogP contribution in [0.5, 0.6) is 0 Å². The molecule has 1 atom stereocenters. The topological polar surface area (TPSA) is 26.0 Å². The molecule has 0 saturated heterocycles. The van der Waals surface area contributed by atoms with E-state index in [1.54, 1.807) is 0 Å². The van der Waals surface area contributed by atoms with Gasteiger partial charge in [-0.05, 0) is 68.5 Å². The second kappa shape index (κ2) is 5.71. The van der Waals surface area contributed by atoms with E-state index in [0.717, 1.165) is 16.5 Å². The third-order valence-corrected chi connectivity index (χ3v) is 4.36. The molecule has 2 rings (SSSR count). The standard InChI is InChI=1S/C18H22BrN/c1-12-8-13(2)17(14(3)9-12)11-18(4,20)15-6-5-7-16(19)10-15/h5-10H,11,20H2,1-4H3. The lowest BCUT2D eigenvalue weighted by Crippen LogP contribution is -2.36. The Hall–Kier alpha value is -1.12. The molecule has 106 valence electrons. The highest BCUT2D eigenvalue weighted by atomic mass is 79.9. The highest BCUT2D eigenvalue weighted by Crippen LogP contribution is 2.28. The average molecular weight is 332 g/mol. The van der Waals surface area contributed by atoms with E-state index in [0.29, 0.717) is 0 Å².